The second kappa shape index (κ2) is 11.1. The minimum Gasteiger partial charge on any atom is -0.378 e. The molecule has 0 aromatic rings. The summed E-state index contributed by atoms with van der Waals surface area (Å²) in [6.07, 6.45) is 5.25. The molecule has 11 heavy (non-hydrogen) atoms. The predicted molar refractivity (Wildman–Crippen MR) is 45.2 cm³/mol. The molecular formula is C9H20OY. The maximum absolute atomic E-state index is 5.58. The van der Waals surface area contributed by atoms with Crippen LogP contribution in [0, 0.1) is 0 Å². The Bertz CT molecular complexity index is 62.6. The fourth-order valence-electron chi connectivity index (χ4n) is 0.919. The molecule has 0 aliphatic heterocycles. The minimum absolute atomic E-state index is 0. The monoisotopic (exact) mass is 233 g/mol. The zero-order valence-electron chi connectivity index (χ0n) is 8.10. The van der Waals surface area contributed by atoms with Crippen LogP contribution in [0.3, 0.4) is 0 Å². The Kier molecular flexibility index (Phi) is 14.7. The Hall–Kier alpha value is 1.06. The first-order valence-corrected chi connectivity index (χ1v) is 4.46. The minimum atomic E-state index is 0. The van der Waals surface area contributed by atoms with Crippen molar-refractivity contribution < 1.29 is 37.4 Å². The van der Waals surface area contributed by atoms with Crippen molar-refractivity contribution in [3.63, 3.8) is 0 Å². The summed E-state index contributed by atoms with van der Waals surface area (Å²) >= 11 is 0. The van der Waals surface area contributed by atoms with E-state index in [1.165, 1.54) is 12.8 Å². The van der Waals surface area contributed by atoms with Crippen LogP contribution in [0.4, 0.5) is 0 Å². The molecule has 0 fully saturated rings. The topological polar surface area (TPSA) is 9.23 Å². The van der Waals surface area contributed by atoms with Crippen LogP contribution in [0.2, 0.25) is 0 Å². The number of ether oxygens (including phenoxy) is 1. The van der Waals surface area contributed by atoms with Gasteiger partial charge >= 0.3 is 0 Å². The Morgan fingerprint density at radius 1 is 1.09 bits per heavy atom. The largest absolute Gasteiger partial charge is 0.378 e. The number of hydrogen-bond donors (Lipinski definition) is 0. The zero-order chi connectivity index (χ0) is 7.82. The van der Waals surface area contributed by atoms with Crippen molar-refractivity contribution in [3.8, 4) is 0 Å². The fraction of sp³-hybridized carbons (Fsp3) is 1.00. The van der Waals surface area contributed by atoms with Crippen molar-refractivity contribution in [1.82, 2.24) is 0 Å². The average Bonchev–Trinajstić information content (AvgIpc) is 1.99. The van der Waals surface area contributed by atoms with Gasteiger partial charge in [0, 0.05) is 39.3 Å². The fourth-order valence-corrected chi connectivity index (χ4v) is 0.919. The first-order chi connectivity index (χ1) is 4.85. The van der Waals surface area contributed by atoms with Gasteiger partial charge in [-0.3, -0.25) is 0 Å². The van der Waals surface area contributed by atoms with Crippen molar-refractivity contribution >= 4 is 0 Å². The van der Waals surface area contributed by atoms with E-state index in [-0.39, 0.29) is 32.7 Å². The van der Waals surface area contributed by atoms with E-state index in [0.29, 0.717) is 6.10 Å². The van der Waals surface area contributed by atoms with Crippen molar-refractivity contribution in [2.45, 2.75) is 52.6 Å². The van der Waals surface area contributed by atoms with Crippen molar-refractivity contribution in [2.75, 3.05) is 6.61 Å². The maximum Gasteiger partial charge on any atom is 0.0569 e. The average molecular weight is 233 g/mol. The van der Waals surface area contributed by atoms with E-state index in [9.17, 15) is 0 Å². The molecule has 2 heteroatoms. The molecule has 0 unspecified atom stereocenters. The molecule has 0 bridgehead atoms. The summed E-state index contributed by atoms with van der Waals surface area (Å²) < 4.78 is 5.58. The van der Waals surface area contributed by atoms with Crippen LogP contribution in [0.15, 0.2) is 0 Å². The quantitative estimate of drug-likeness (QED) is 0.641. The van der Waals surface area contributed by atoms with Gasteiger partial charge in [0.25, 0.3) is 0 Å². The molecule has 0 aromatic heterocycles. The molecular weight excluding hydrogens is 213 g/mol. The Morgan fingerprint density at radius 2 is 1.64 bits per heavy atom. The standard InChI is InChI=1S/C9H20O.Y/c1-4-7-8-10-9(5-2)6-3;/h9H,4-8H2,1-3H3;. The van der Waals surface area contributed by atoms with Gasteiger partial charge < -0.3 is 4.74 Å². The molecule has 0 atom stereocenters. The predicted octanol–water partition coefficient (Wildman–Crippen LogP) is 2.99. The first-order valence-electron chi connectivity index (χ1n) is 4.46. The van der Waals surface area contributed by atoms with Gasteiger partial charge in [-0.25, -0.2) is 0 Å². The van der Waals surface area contributed by atoms with Crippen LogP contribution in [-0.4, -0.2) is 12.7 Å². The van der Waals surface area contributed by atoms with E-state index in [4.69, 9.17) is 4.74 Å². The summed E-state index contributed by atoms with van der Waals surface area (Å²) in [6.45, 7) is 7.50. The van der Waals surface area contributed by atoms with Gasteiger partial charge in [0.1, 0.15) is 0 Å². The molecule has 65 valence electrons. The first kappa shape index (κ1) is 14.6. The third-order valence-electron chi connectivity index (χ3n) is 1.76. The summed E-state index contributed by atoms with van der Waals surface area (Å²) in [5.74, 6) is 0. The summed E-state index contributed by atoms with van der Waals surface area (Å²) in [4.78, 5) is 0. The summed E-state index contributed by atoms with van der Waals surface area (Å²) in [5.41, 5.74) is 0. The third kappa shape index (κ3) is 8.97. The number of rotatable bonds is 6. The summed E-state index contributed by atoms with van der Waals surface area (Å²) in [5, 5.41) is 0. The van der Waals surface area contributed by atoms with E-state index in [1.807, 2.05) is 0 Å². The number of hydrogen-bond acceptors (Lipinski definition) is 1. The molecule has 0 rings (SSSR count). The van der Waals surface area contributed by atoms with Gasteiger partial charge in [0.15, 0.2) is 0 Å². The van der Waals surface area contributed by atoms with Crippen LogP contribution < -0.4 is 0 Å². The molecule has 0 heterocycles. The van der Waals surface area contributed by atoms with E-state index >= 15 is 0 Å². The van der Waals surface area contributed by atoms with Crippen LogP contribution in [0.1, 0.15) is 46.5 Å². The number of unbranched alkanes of at least 4 members (excludes halogenated alkanes) is 1. The van der Waals surface area contributed by atoms with Gasteiger partial charge in [-0.15, -0.1) is 0 Å². The summed E-state index contributed by atoms with van der Waals surface area (Å²) in [7, 11) is 0. The second-order valence-electron chi connectivity index (χ2n) is 2.66. The van der Waals surface area contributed by atoms with E-state index < -0.39 is 0 Å². The van der Waals surface area contributed by atoms with Gasteiger partial charge in [0.2, 0.25) is 0 Å². The van der Waals surface area contributed by atoms with Crippen molar-refractivity contribution in [2.24, 2.45) is 0 Å². The van der Waals surface area contributed by atoms with E-state index in [2.05, 4.69) is 20.8 Å². The normalized spacial score (nSPS) is 9.82. The van der Waals surface area contributed by atoms with Crippen LogP contribution in [0.5, 0.6) is 0 Å². The second-order valence-corrected chi connectivity index (χ2v) is 2.66. The van der Waals surface area contributed by atoms with Gasteiger partial charge in [0.05, 0.1) is 6.10 Å². The van der Waals surface area contributed by atoms with Gasteiger partial charge in [-0.05, 0) is 19.3 Å². The smallest absolute Gasteiger partial charge is 0.0569 e. The molecule has 0 aliphatic rings. The van der Waals surface area contributed by atoms with Crippen molar-refractivity contribution in [3.05, 3.63) is 0 Å². The molecule has 1 radical (unpaired) electrons. The molecule has 0 spiro atoms. The molecule has 0 amide bonds. The van der Waals surface area contributed by atoms with Gasteiger partial charge in [-0.1, -0.05) is 27.2 Å². The Morgan fingerprint density at radius 3 is 2.00 bits per heavy atom. The molecule has 1 nitrogen and oxygen atoms in total. The van der Waals surface area contributed by atoms with Crippen LogP contribution >= 0.6 is 0 Å². The van der Waals surface area contributed by atoms with E-state index in [0.717, 1.165) is 19.4 Å². The maximum atomic E-state index is 5.58. The van der Waals surface area contributed by atoms with Crippen LogP contribution in [-0.2, 0) is 37.4 Å². The van der Waals surface area contributed by atoms with Crippen LogP contribution in [0.25, 0.3) is 0 Å². The molecule has 0 N–H and O–H groups in total. The third-order valence-corrected chi connectivity index (χ3v) is 1.76. The summed E-state index contributed by atoms with van der Waals surface area (Å²) in [6, 6.07) is 0. The molecule has 0 aromatic carbocycles. The molecule has 0 saturated carbocycles. The molecule has 0 saturated heterocycles. The SMILES string of the molecule is CCCCOC(CC)CC.[Y]. The Labute approximate surface area is 96.2 Å². The van der Waals surface area contributed by atoms with Crippen molar-refractivity contribution in [1.29, 1.82) is 0 Å². The van der Waals surface area contributed by atoms with Gasteiger partial charge in [-0.2, -0.15) is 0 Å². The zero-order valence-corrected chi connectivity index (χ0v) is 10.9. The molecule has 0 aliphatic carbocycles. The van der Waals surface area contributed by atoms with E-state index in [1.54, 1.807) is 0 Å². The Balaban J connectivity index is 0.